The Hall–Kier alpha value is -1.11. The van der Waals surface area contributed by atoms with E-state index in [4.69, 9.17) is 0 Å². The molecule has 0 amide bonds. The van der Waals surface area contributed by atoms with E-state index in [9.17, 15) is 4.39 Å². The highest BCUT2D eigenvalue weighted by Crippen LogP contribution is 2.29. The van der Waals surface area contributed by atoms with Crippen molar-refractivity contribution in [3.63, 3.8) is 0 Å². The molecule has 0 nitrogen and oxygen atoms in total. The predicted molar refractivity (Wildman–Crippen MR) is 53.2 cm³/mol. The normalized spacial score (nSPS) is 13.8. The monoisotopic (exact) mass is 176 g/mol. The fraction of sp³-hybridized carbons (Fsp3) is 0.333. The molecule has 1 heteroatoms. The number of halogens is 1. The maximum atomic E-state index is 13.2. The molecule has 0 radical (unpaired) electrons. The van der Waals surface area contributed by atoms with Crippen LogP contribution in [0.4, 0.5) is 4.39 Å². The summed E-state index contributed by atoms with van der Waals surface area (Å²) in [5, 5.41) is 0. The van der Waals surface area contributed by atoms with Gasteiger partial charge in [0.15, 0.2) is 0 Å². The van der Waals surface area contributed by atoms with Gasteiger partial charge in [0, 0.05) is 0 Å². The number of allylic oxidation sites excluding steroid dienone is 1. The molecule has 0 atom stereocenters. The Morgan fingerprint density at radius 1 is 1.31 bits per heavy atom. The van der Waals surface area contributed by atoms with Crippen LogP contribution in [0, 0.1) is 5.82 Å². The van der Waals surface area contributed by atoms with Gasteiger partial charge in [0.2, 0.25) is 0 Å². The van der Waals surface area contributed by atoms with Gasteiger partial charge in [-0.05, 0) is 41.2 Å². The average Bonchev–Trinajstić information content (AvgIpc) is 2.49. The van der Waals surface area contributed by atoms with Gasteiger partial charge in [-0.15, -0.1) is 0 Å². The minimum Gasteiger partial charge on any atom is -0.207 e. The molecule has 0 saturated carbocycles. The molecule has 0 fully saturated rings. The van der Waals surface area contributed by atoms with E-state index in [-0.39, 0.29) is 5.82 Å². The first-order valence-electron chi connectivity index (χ1n) is 4.67. The van der Waals surface area contributed by atoms with Gasteiger partial charge in [0.25, 0.3) is 0 Å². The van der Waals surface area contributed by atoms with E-state index in [0.29, 0.717) is 5.92 Å². The largest absolute Gasteiger partial charge is 0.207 e. The van der Waals surface area contributed by atoms with Gasteiger partial charge in [0.05, 0.1) is 0 Å². The zero-order valence-electron chi connectivity index (χ0n) is 7.97. The first kappa shape index (κ1) is 8.49. The van der Waals surface area contributed by atoms with Gasteiger partial charge in [-0.2, -0.15) is 0 Å². The van der Waals surface area contributed by atoms with Gasteiger partial charge in [-0.25, -0.2) is 4.39 Å². The summed E-state index contributed by atoms with van der Waals surface area (Å²) in [4.78, 5) is 0. The molecule has 0 spiro atoms. The predicted octanol–water partition coefficient (Wildman–Crippen LogP) is 3.52. The molecule has 0 heterocycles. The molecule has 1 aliphatic carbocycles. The summed E-state index contributed by atoms with van der Waals surface area (Å²) in [5.74, 6) is 0.290. The molecule has 0 N–H and O–H groups in total. The molecular formula is C12H13F. The zero-order chi connectivity index (χ0) is 9.42. The summed E-state index contributed by atoms with van der Waals surface area (Å²) in [5.41, 5.74) is 3.49. The molecule has 0 unspecified atom stereocenters. The van der Waals surface area contributed by atoms with Crippen LogP contribution in [0.15, 0.2) is 18.2 Å². The Bertz CT molecular complexity index is 362. The Kier molecular flexibility index (Phi) is 1.95. The van der Waals surface area contributed by atoms with Crippen molar-refractivity contribution >= 4 is 6.08 Å². The van der Waals surface area contributed by atoms with Crippen LogP contribution in [0.2, 0.25) is 0 Å². The number of hydrogen-bond donors (Lipinski definition) is 0. The molecule has 0 aliphatic heterocycles. The average molecular weight is 176 g/mol. The third-order valence-electron chi connectivity index (χ3n) is 2.51. The Labute approximate surface area is 78.1 Å². The molecule has 13 heavy (non-hydrogen) atoms. The molecule has 1 aromatic rings. The van der Waals surface area contributed by atoms with Crippen LogP contribution in [0.1, 0.15) is 36.5 Å². The topological polar surface area (TPSA) is 0 Å². The van der Waals surface area contributed by atoms with Gasteiger partial charge in [-0.3, -0.25) is 0 Å². The molecule has 1 aromatic carbocycles. The van der Waals surface area contributed by atoms with Crippen LogP contribution in [0.5, 0.6) is 0 Å². The van der Waals surface area contributed by atoms with Crippen molar-refractivity contribution in [3.8, 4) is 0 Å². The highest BCUT2D eigenvalue weighted by Gasteiger charge is 2.13. The van der Waals surface area contributed by atoms with Crippen LogP contribution >= 0.6 is 0 Å². The van der Waals surface area contributed by atoms with E-state index in [2.05, 4.69) is 26.0 Å². The highest BCUT2D eigenvalue weighted by atomic mass is 19.1. The summed E-state index contributed by atoms with van der Waals surface area (Å²) in [7, 11) is 0. The number of fused-ring (bicyclic) bond motifs is 1. The van der Waals surface area contributed by atoms with Gasteiger partial charge in [0.1, 0.15) is 5.82 Å². The number of rotatable bonds is 1. The van der Waals surface area contributed by atoms with Gasteiger partial charge >= 0.3 is 0 Å². The van der Waals surface area contributed by atoms with Crippen molar-refractivity contribution in [2.75, 3.05) is 0 Å². The Balaban J connectivity index is 2.60. The van der Waals surface area contributed by atoms with E-state index < -0.39 is 0 Å². The molecule has 0 saturated heterocycles. The van der Waals surface area contributed by atoms with Crippen LogP contribution in [0.3, 0.4) is 0 Å². The van der Waals surface area contributed by atoms with Crippen molar-refractivity contribution in [2.45, 2.75) is 26.2 Å². The fourth-order valence-electron chi connectivity index (χ4n) is 1.85. The standard InChI is InChI=1S/C12H13F/c1-8(2)12-7-10(13)6-9-4-3-5-11(9)12/h3,5-8H,4H2,1-2H3. The smallest absolute Gasteiger partial charge is 0.123 e. The minimum absolute atomic E-state index is 0.105. The van der Waals surface area contributed by atoms with Gasteiger partial charge in [-0.1, -0.05) is 26.0 Å². The molecule has 0 bridgehead atoms. The van der Waals surface area contributed by atoms with Gasteiger partial charge < -0.3 is 0 Å². The third-order valence-corrected chi connectivity index (χ3v) is 2.51. The van der Waals surface area contributed by atoms with Crippen LogP contribution in [-0.2, 0) is 6.42 Å². The molecule has 68 valence electrons. The van der Waals surface area contributed by atoms with Crippen molar-refractivity contribution in [3.05, 3.63) is 40.7 Å². The molecule has 0 aromatic heterocycles. The lowest BCUT2D eigenvalue weighted by Gasteiger charge is -2.11. The summed E-state index contributed by atoms with van der Waals surface area (Å²) in [6.07, 6.45) is 5.08. The van der Waals surface area contributed by atoms with Crippen molar-refractivity contribution in [1.82, 2.24) is 0 Å². The third kappa shape index (κ3) is 1.39. The first-order chi connectivity index (χ1) is 6.18. The van der Waals surface area contributed by atoms with E-state index in [0.717, 1.165) is 17.5 Å². The maximum Gasteiger partial charge on any atom is 0.123 e. The molecular weight excluding hydrogens is 163 g/mol. The lowest BCUT2D eigenvalue weighted by molar-refractivity contribution is 0.621. The molecule has 2 rings (SSSR count). The lowest BCUT2D eigenvalue weighted by atomic mass is 9.95. The second-order valence-electron chi connectivity index (χ2n) is 3.83. The number of benzene rings is 1. The van der Waals surface area contributed by atoms with Crippen molar-refractivity contribution in [2.24, 2.45) is 0 Å². The zero-order valence-corrected chi connectivity index (χ0v) is 7.97. The Morgan fingerprint density at radius 2 is 2.08 bits per heavy atom. The summed E-state index contributed by atoms with van der Waals surface area (Å²) in [6, 6.07) is 3.29. The highest BCUT2D eigenvalue weighted by molar-refractivity contribution is 5.64. The van der Waals surface area contributed by atoms with Crippen molar-refractivity contribution in [1.29, 1.82) is 0 Å². The SMILES string of the molecule is CC(C)c1cc(F)cc2c1C=CC2. The quantitative estimate of drug-likeness (QED) is 0.614. The Morgan fingerprint density at radius 3 is 2.77 bits per heavy atom. The molecule has 1 aliphatic rings. The summed E-state index contributed by atoms with van der Waals surface area (Å²) >= 11 is 0. The van der Waals surface area contributed by atoms with E-state index in [1.54, 1.807) is 12.1 Å². The number of hydrogen-bond acceptors (Lipinski definition) is 0. The van der Waals surface area contributed by atoms with Crippen LogP contribution in [-0.4, -0.2) is 0 Å². The fourth-order valence-corrected chi connectivity index (χ4v) is 1.85. The summed E-state index contributed by atoms with van der Waals surface area (Å²) < 4.78 is 13.2. The first-order valence-corrected chi connectivity index (χ1v) is 4.67. The van der Waals surface area contributed by atoms with E-state index >= 15 is 0 Å². The minimum atomic E-state index is -0.105. The second-order valence-corrected chi connectivity index (χ2v) is 3.83. The van der Waals surface area contributed by atoms with Crippen LogP contribution < -0.4 is 0 Å². The maximum absolute atomic E-state index is 13.2. The van der Waals surface area contributed by atoms with Crippen LogP contribution in [0.25, 0.3) is 6.08 Å². The summed E-state index contributed by atoms with van der Waals surface area (Å²) in [6.45, 7) is 4.20. The van der Waals surface area contributed by atoms with Crippen molar-refractivity contribution < 1.29 is 4.39 Å². The lowest BCUT2D eigenvalue weighted by Crippen LogP contribution is -1.95. The van der Waals surface area contributed by atoms with E-state index in [1.807, 2.05) is 0 Å². The second kappa shape index (κ2) is 2.99. The van der Waals surface area contributed by atoms with E-state index in [1.165, 1.54) is 5.56 Å².